The number of hydrogen-bond acceptors (Lipinski definition) is 8. The van der Waals surface area contributed by atoms with Gasteiger partial charge in [-0.2, -0.15) is 4.98 Å². The zero-order chi connectivity index (χ0) is 19.2. The van der Waals surface area contributed by atoms with Crippen LogP contribution in [-0.2, 0) is 17.7 Å². The third-order valence-electron chi connectivity index (χ3n) is 3.92. The van der Waals surface area contributed by atoms with Crippen LogP contribution >= 0.6 is 0 Å². The van der Waals surface area contributed by atoms with E-state index >= 15 is 0 Å². The molecule has 0 atom stereocenters. The third-order valence-corrected chi connectivity index (χ3v) is 3.92. The Morgan fingerprint density at radius 1 is 1.15 bits per heavy atom. The van der Waals surface area contributed by atoms with E-state index in [9.17, 15) is 4.79 Å². The number of rotatable bonds is 8. The minimum Gasteiger partial charge on any atom is -0.494 e. The lowest BCUT2D eigenvalue weighted by molar-refractivity contribution is 0.0512. The van der Waals surface area contributed by atoms with Crippen LogP contribution in [0, 0.1) is 0 Å². The Bertz CT molecular complexity index is 939. The van der Waals surface area contributed by atoms with E-state index in [1.54, 1.807) is 6.92 Å². The highest BCUT2D eigenvalue weighted by molar-refractivity contribution is 5.93. The third kappa shape index (κ3) is 3.99. The molecule has 0 saturated carbocycles. The fourth-order valence-corrected chi connectivity index (χ4v) is 2.69. The van der Waals surface area contributed by atoms with Gasteiger partial charge in [0.1, 0.15) is 17.0 Å². The van der Waals surface area contributed by atoms with E-state index in [1.165, 1.54) is 0 Å². The average molecular weight is 370 g/mol. The number of carbonyl (C=O) groups excluding carboxylic acids is 1. The summed E-state index contributed by atoms with van der Waals surface area (Å²) in [5.74, 6) is 0.604. The topological polar surface area (TPSA) is 99.4 Å². The summed E-state index contributed by atoms with van der Waals surface area (Å²) < 4.78 is 16.0. The van der Waals surface area contributed by atoms with Gasteiger partial charge in [-0.1, -0.05) is 30.3 Å². The summed E-state index contributed by atoms with van der Waals surface area (Å²) >= 11 is 0. The number of aromatic nitrogens is 3. The van der Waals surface area contributed by atoms with Gasteiger partial charge in [0.15, 0.2) is 0 Å². The summed E-state index contributed by atoms with van der Waals surface area (Å²) in [7, 11) is 0. The van der Waals surface area contributed by atoms with Gasteiger partial charge in [-0.3, -0.25) is 0 Å². The Kier molecular flexibility index (Phi) is 5.85. The Morgan fingerprint density at radius 2 is 1.96 bits per heavy atom. The van der Waals surface area contributed by atoms with Gasteiger partial charge < -0.3 is 19.3 Å². The highest BCUT2D eigenvalue weighted by atomic mass is 16.5. The van der Waals surface area contributed by atoms with Crippen LogP contribution in [0.1, 0.15) is 42.6 Å². The van der Waals surface area contributed by atoms with Crippen molar-refractivity contribution in [2.75, 3.05) is 18.5 Å². The number of fused-ring (bicyclic) bond motifs is 1. The number of anilines is 1. The molecule has 0 fully saturated rings. The summed E-state index contributed by atoms with van der Waals surface area (Å²) in [6.45, 7) is 6.90. The molecule has 0 saturated heterocycles. The molecule has 8 heteroatoms. The number of aryl methyl sites for hydroxylation is 1. The van der Waals surface area contributed by atoms with Crippen LogP contribution in [0.3, 0.4) is 0 Å². The maximum absolute atomic E-state index is 12.1. The van der Waals surface area contributed by atoms with Gasteiger partial charge in [0.25, 0.3) is 5.71 Å². The molecule has 1 N–H and O–H groups in total. The molecule has 0 radical (unpaired) electrons. The number of esters is 1. The summed E-state index contributed by atoms with van der Waals surface area (Å²) in [5.41, 5.74) is 1.95. The lowest BCUT2D eigenvalue weighted by Crippen LogP contribution is -2.12. The van der Waals surface area contributed by atoms with Crippen LogP contribution < -0.4 is 10.1 Å². The van der Waals surface area contributed by atoms with Gasteiger partial charge in [-0.05, 0) is 26.3 Å². The molecule has 27 heavy (non-hydrogen) atoms. The standard InChI is InChI=1S/C19H22N4O4/c1-4-13-15-16(20-11-12-9-7-8-10-14(12)25-5-2)21-17(19(24)26-6-3)22-18(15)27-23-13/h7-10H,4-6,11H2,1-3H3,(H,20,21,22). The first-order chi connectivity index (χ1) is 13.2. The smallest absolute Gasteiger partial charge is 0.376 e. The van der Waals surface area contributed by atoms with Gasteiger partial charge in [0.05, 0.1) is 18.9 Å². The van der Waals surface area contributed by atoms with Gasteiger partial charge in [0, 0.05) is 12.1 Å². The summed E-state index contributed by atoms with van der Waals surface area (Å²) in [5, 5.41) is 7.96. The van der Waals surface area contributed by atoms with Crippen LogP contribution in [0.25, 0.3) is 11.1 Å². The molecule has 0 spiro atoms. The molecular formula is C19H22N4O4. The largest absolute Gasteiger partial charge is 0.494 e. The molecule has 2 aromatic heterocycles. The van der Waals surface area contributed by atoms with Gasteiger partial charge in [0.2, 0.25) is 5.82 Å². The molecule has 3 aromatic rings. The van der Waals surface area contributed by atoms with Crippen molar-refractivity contribution in [1.29, 1.82) is 0 Å². The van der Waals surface area contributed by atoms with Crippen molar-refractivity contribution in [2.45, 2.75) is 33.7 Å². The summed E-state index contributed by atoms with van der Waals surface area (Å²) in [6, 6.07) is 7.75. The second-order valence-corrected chi connectivity index (χ2v) is 5.67. The number of benzene rings is 1. The normalized spacial score (nSPS) is 10.8. The van der Waals surface area contributed by atoms with Gasteiger partial charge in [-0.25, -0.2) is 9.78 Å². The molecular weight excluding hydrogens is 348 g/mol. The van der Waals surface area contributed by atoms with E-state index in [0.29, 0.717) is 30.8 Å². The van der Waals surface area contributed by atoms with Crippen molar-refractivity contribution >= 4 is 22.9 Å². The first-order valence-corrected chi connectivity index (χ1v) is 8.95. The van der Waals surface area contributed by atoms with Crippen molar-refractivity contribution in [2.24, 2.45) is 0 Å². The van der Waals surface area contributed by atoms with Crippen LogP contribution in [0.5, 0.6) is 5.75 Å². The molecule has 3 rings (SSSR count). The monoisotopic (exact) mass is 370 g/mol. The Morgan fingerprint density at radius 3 is 2.70 bits per heavy atom. The maximum Gasteiger partial charge on any atom is 0.376 e. The lowest BCUT2D eigenvalue weighted by atomic mass is 10.2. The highest BCUT2D eigenvalue weighted by Gasteiger charge is 2.20. The van der Waals surface area contributed by atoms with E-state index in [0.717, 1.165) is 17.0 Å². The molecule has 0 bridgehead atoms. The highest BCUT2D eigenvalue weighted by Crippen LogP contribution is 2.26. The lowest BCUT2D eigenvalue weighted by Gasteiger charge is -2.12. The van der Waals surface area contributed by atoms with E-state index < -0.39 is 5.97 Å². The predicted molar refractivity (Wildman–Crippen MR) is 99.9 cm³/mol. The van der Waals surface area contributed by atoms with Crippen molar-refractivity contribution in [3.05, 3.63) is 41.3 Å². The summed E-state index contributed by atoms with van der Waals surface area (Å²) in [4.78, 5) is 20.6. The predicted octanol–water partition coefficient (Wildman–Crippen LogP) is 3.37. The number of carbonyl (C=O) groups is 1. The maximum atomic E-state index is 12.1. The number of nitrogens with zero attached hydrogens (tertiary/aromatic N) is 3. The second kappa shape index (κ2) is 8.48. The Labute approximate surface area is 156 Å². The SMILES string of the molecule is CCOC(=O)c1nc(NCc2ccccc2OCC)c2c(CC)noc2n1. The van der Waals surface area contributed by atoms with E-state index in [2.05, 4.69) is 20.4 Å². The minimum atomic E-state index is -0.605. The molecule has 142 valence electrons. The van der Waals surface area contributed by atoms with Crippen LogP contribution in [0.2, 0.25) is 0 Å². The fourth-order valence-electron chi connectivity index (χ4n) is 2.69. The minimum absolute atomic E-state index is 0.0660. The van der Waals surface area contributed by atoms with Crippen LogP contribution in [-0.4, -0.2) is 34.3 Å². The fraction of sp³-hybridized carbons (Fsp3) is 0.368. The molecule has 0 aliphatic carbocycles. The molecule has 0 aliphatic heterocycles. The quantitative estimate of drug-likeness (QED) is 0.603. The molecule has 1 aromatic carbocycles. The molecule has 0 unspecified atom stereocenters. The Hall–Kier alpha value is -3.16. The first-order valence-electron chi connectivity index (χ1n) is 8.95. The number of para-hydroxylation sites is 1. The van der Waals surface area contributed by atoms with E-state index in [4.69, 9.17) is 14.0 Å². The molecule has 0 aliphatic rings. The van der Waals surface area contributed by atoms with Crippen molar-refractivity contribution in [3.63, 3.8) is 0 Å². The first kappa shape index (κ1) is 18.6. The van der Waals surface area contributed by atoms with Gasteiger partial charge in [-0.15, -0.1) is 0 Å². The zero-order valence-electron chi connectivity index (χ0n) is 15.6. The van der Waals surface area contributed by atoms with Crippen molar-refractivity contribution in [3.8, 4) is 5.75 Å². The number of hydrogen-bond donors (Lipinski definition) is 1. The van der Waals surface area contributed by atoms with Gasteiger partial charge >= 0.3 is 5.97 Å². The zero-order valence-corrected chi connectivity index (χ0v) is 15.6. The second-order valence-electron chi connectivity index (χ2n) is 5.67. The molecule has 2 heterocycles. The number of ether oxygens (including phenoxy) is 2. The van der Waals surface area contributed by atoms with Crippen molar-refractivity contribution < 1.29 is 18.8 Å². The number of nitrogens with one attached hydrogen (secondary N) is 1. The van der Waals surface area contributed by atoms with Crippen LogP contribution in [0.4, 0.5) is 5.82 Å². The molecule has 0 amide bonds. The van der Waals surface area contributed by atoms with E-state index in [-0.39, 0.29) is 18.1 Å². The Balaban J connectivity index is 1.96. The average Bonchev–Trinajstić information content (AvgIpc) is 3.11. The molecule has 8 nitrogen and oxygen atoms in total. The summed E-state index contributed by atoms with van der Waals surface area (Å²) in [6.07, 6.45) is 0.652. The van der Waals surface area contributed by atoms with E-state index in [1.807, 2.05) is 38.1 Å². The van der Waals surface area contributed by atoms with Crippen LogP contribution in [0.15, 0.2) is 28.8 Å². The van der Waals surface area contributed by atoms with Crippen molar-refractivity contribution in [1.82, 2.24) is 15.1 Å².